The number of rotatable bonds is 0. The number of epoxide rings is 1. The molecule has 2 saturated heterocycles. The minimum absolute atomic E-state index is 0.659. The lowest BCUT2D eigenvalue weighted by Crippen LogP contribution is -2.10. The maximum Gasteiger partial charge on any atom is 0.0858 e. The van der Waals surface area contributed by atoms with Crippen LogP contribution in [0.1, 0.15) is 12.8 Å². The molecule has 1 aliphatic carbocycles. The predicted octanol–water partition coefficient (Wildman–Crippen LogP) is -0.112. The Kier molecular flexibility index (Phi) is 0.461. The van der Waals surface area contributed by atoms with Gasteiger partial charge in [-0.3, -0.25) is 0 Å². The van der Waals surface area contributed by atoms with E-state index in [0.717, 1.165) is 12.1 Å². The zero-order chi connectivity index (χ0) is 5.14. The maximum atomic E-state index is 5.34. The van der Waals surface area contributed by atoms with E-state index in [1.165, 1.54) is 12.8 Å². The van der Waals surface area contributed by atoms with Crippen molar-refractivity contribution in [3.63, 3.8) is 0 Å². The van der Waals surface area contributed by atoms with Gasteiger partial charge in [0.05, 0.1) is 12.2 Å². The Bertz CT molecular complexity index is 108. The van der Waals surface area contributed by atoms with Gasteiger partial charge in [0.2, 0.25) is 0 Å². The molecule has 0 aromatic carbocycles. The van der Waals surface area contributed by atoms with Crippen molar-refractivity contribution in [2.45, 2.75) is 37.1 Å². The summed E-state index contributed by atoms with van der Waals surface area (Å²) in [6.07, 6.45) is 3.89. The van der Waals surface area contributed by atoms with Crippen LogP contribution in [0, 0.1) is 0 Å². The molecule has 0 radical (unpaired) electrons. The average Bonchev–Trinajstić information content (AvgIpc) is 2.45. The third-order valence-corrected chi connectivity index (χ3v) is 2.46. The van der Waals surface area contributed by atoms with Gasteiger partial charge >= 0.3 is 0 Å². The largest absolute Gasteiger partial charge is 0.369 e. The van der Waals surface area contributed by atoms with Crippen molar-refractivity contribution >= 4 is 0 Å². The van der Waals surface area contributed by atoms with Gasteiger partial charge in [0.1, 0.15) is 0 Å². The predicted molar refractivity (Wildman–Crippen MR) is 28.6 cm³/mol. The van der Waals surface area contributed by atoms with Crippen LogP contribution in [0.3, 0.4) is 0 Å². The van der Waals surface area contributed by atoms with Gasteiger partial charge in [-0.25, -0.2) is 0 Å². The van der Waals surface area contributed by atoms with E-state index in [1.54, 1.807) is 0 Å². The van der Waals surface area contributed by atoms with E-state index in [1.807, 2.05) is 0 Å². The zero-order valence-electron chi connectivity index (χ0n) is 4.63. The van der Waals surface area contributed by atoms with Crippen molar-refractivity contribution in [3.05, 3.63) is 0 Å². The van der Waals surface area contributed by atoms with Crippen LogP contribution >= 0.6 is 0 Å². The fourth-order valence-electron chi connectivity index (χ4n) is 1.78. The van der Waals surface area contributed by atoms with E-state index in [9.17, 15) is 0 Å². The molecule has 1 N–H and O–H groups in total. The van der Waals surface area contributed by atoms with Crippen molar-refractivity contribution in [2.75, 3.05) is 0 Å². The fraction of sp³-hybridized carbons (Fsp3) is 1.00. The van der Waals surface area contributed by atoms with E-state index in [2.05, 4.69) is 5.32 Å². The van der Waals surface area contributed by atoms with Gasteiger partial charge in [0.25, 0.3) is 0 Å². The van der Waals surface area contributed by atoms with E-state index in [-0.39, 0.29) is 0 Å². The molecule has 2 nitrogen and oxygen atoms in total. The van der Waals surface area contributed by atoms with Crippen molar-refractivity contribution < 1.29 is 4.74 Å². The third kappa shape index (κ3) is 0.361. The Labute approximate surface area is 48.2 Å². The molecule has 3 fully saturated rings. The van der Waals surface area contributed by atoms with Crippen molar-refractivity contribution in [2.24, 2.45) is 0 Å². The van der Waals surface area contributed by atoms with Crippen molar-refractivity contribution in [3.8, 4) is 0 Å². The van der Waals surface area contributed by atoms with Crippen molar-refractivity contribution in [1.29, 1.82) is 0 Å². The fourth-order valence-corrected chi connectivity index (χ4v) is 1.78. The quantitative estimate of drug-likeness (QED) is 0.442. The highest BCUT2D eigenvalue weighted by atomic mass is 16.6. The molecule has 2 heteroatoms. The van der Waals surface area contributed by atoms with Crippen LogP contribution in [0.25, 0.3) is 0 Å². The van der Waals surface area contributed by atoms with E-state index in [4.69, 9.17) is 4.74 Å². The Balaban J connectivity index is 1.85. The van der Waals surface area contributed by atoms with Gasteiger partial charge in [-0.2, -0.15) is 0 Å². The highest BCUT2D eigenvalue weighted by Crippen LogP contribution is 2.41. The molecular weight excluding hydrogens is 102 g/mol. The van der Waals surface area contributed by atoms with Crippen LogP contribution in [-0.4, -0.2) is 24.3 Å². The smallest absolute Gasteiger partial charge is 0.0858 e. The molecule has 3 rings (SSSR count). The molecule has 44 valence electrons. The lowest BCUT2D eigenvalue weighted by atomic mass is 10.0. The van der Waals surface area contributed by atoms with Crippen LogP contribution in [-0.2, 0) is 4.74 Å². The van der Waals surface area contributed by atoms with E-state index >= 15 is 0 Å². The summed E-state index contributed by atoms with van der Waals surface area (Å²) in [6, 6.07) is 1.69. The monoisotopic (exact) mass is 111 g/mol. The Morgan fingerprint density at radius 1 is 1.12 bits per heavy atom. The second-order valence-electron chi connectivity index (χ2n) is 3.06. The SMILES string of the molecule is C1C2NC2CC2OC12. The van der Waals surface area contributed by atoms with E-state index in [0.29, 0.717) is 12.2 Å². The number of ether oxygens (including phenoxy) is 1. The van der Waals surface area contributed by atoms with E-state index < -0.39 is 0 Å². The Morgan fingerprint density at radius 3 is 2.38 bits per heavy atom. The van der Waals surface area contributed by atoms with Crippen LogP contribution in [0.5, 0.6) is 0 Å². The summed E-state index contributed by atoms with van der Waals surface area (Å²) in [5.74, 6) is 0. The number of nitrogens with one attached hydrogen (secondary N) is 1. The summed E-state index contributed by atoms with van der Waals surface area (Å²) in [6.45, 7) is 0. The molecule has 2 aliphatic heterocycles. The van der Waals surface area contributed by atoms with Crippen LogP contribution in [0.4, 0.5) is 0 Å². The van der Waals surface area contributed by atoms with Gasteiger partial charge in [0, 0.05) is 12.1 Å². The van der Waals surface area contributed by atoms with Crippen LogP contribution in [0.15, 0.2) is 0 Å². The standard InChI is InChI=1S/C6H9NO/c1-3-4(7-3)2-6-5(1)8-6/h3-7H,1-2H2. The molecular formula is C6H9NO. The van der Waals surface area contributed by atoms with Crippen LogP contribution in [0.2, 0.25) is 0 Å². The molecule has 4 atom stereocenters. The molecule has 8 heavy (non-hydrogen) atoms. The third-order valence-electron chi connectivity index (χ3n) is 2.46. The highest BCUT2D eigenvalue weighted by molar-refractivity contribution is 5.11. The van der Waals surface area contributed by atoms with Gasteiger partial charge < -0.3 is 10.1 Å². The summed E-state index contributed by atoms with van der Waals surface area (Å²) in [7, 11) is 0. The second-order valence-corrected chi connectivity index (χ2v) is 3.06. The van der Waals surface area contributed by atoms with Gasteiger partial charge in [-0.15, -0.1) is 0 Å². The first-order valence-corrected chi connectivity index (χ1v) is 3.35. The Morgan fingerprint density at radius 2 is 1.75 bits per heavy atom. The summed E-state index contributed by atoms with van der Waals surface area (Å²) in [5, 5.41) is 3.41. The molecule has 3 aliphatic rings. The second kappa shape index (κ2) is 0.957. The molecule has 0 spiro atoms. The van der Waals surface area contributed by atoms with Gasteiger partial charge in [-0.05, 0) is 12.8 Å². The Hall–Kier alpha value is -0.0800. The number of hydrogen-bond donors (Lipinski definition) is 1. The maximum absolute atomic E-state index is 5.34. The zero-order valence-corrected chi connectivity index (χ0v) is 4.63. The number of fused-ring (bicyclic) bond motifs is 2. The highest BCUT2D eigenvalue weighted by Gasteiger charge is 2.54. The first-order chi connectivity index (χ1) is 3.93. The minimum Gasteiger partial charge on any atom is -0.369 e. The first-order valence-electron chi connectivity index (χ1n) is 3.35. The van der Waals surface area contributed by atoms with Crippen LogP contribution < -0.4 is 5.32 Å². The summed E-state index contributed by atoms with van der Waals surface area (Å²) in [4.78, 5) is 0. The molecule has 2 heterocycles. The summed E-state index contributed by atoms with van der Waals surface area (Å²) < 4.78 is 5.34. The summed E-state index contributed by atoms with van der Waals surface area (Å²) in [5.41, 5.74) is 0. The van der Waals surface area contributed by atoms with Gasteiger partial charge in [-0.1, -0.05) is 0 Å². The molecule has 4 unspecified atom stereocenters. The topological polar surface area (TPSA) is 34.5 Å². The normalized spacial score (nSPS) is 66.0. The van der Waals surface area contributed by atoms with Crippen molar-refractivity contribution in [1.82, 2.24) is 5.32 Å². The lowest BCUT2D eigenvalue weighted by molar-refractivity contribution is 0.365. The molecule has 1 saturated carbocycles. The molecule has 0 bridgehead atoms. The molecule has 0 amide bonds. The average molecular weight is 111 g/mol. The minimum atomic E-state index is 0.659. The molecule has 0 aromatic heterocycles. The first kappa shape index (κ1) is 3.85. The van der Waals surface area contributed by atoms with Gasteiger partial charge in [0.15, 0.2) is 0 Å². The number of hydrogen-bond acceptors (Lipinski definition) is 2. The summed E-state index contributed by atoms with van der Waals surface area (Å²) >= 11 is 0. The lowest BCUT2D eigenvalue weighted by Gasteiger charge is -1.97. The molecule has 0 aromatic rings.